The lowest BCUT2D eigenvalue weighted by Gasteiger charge is -2.23. The zero-order chi connectivity index (χ0) is 11.8. The van der Waals surface area contributed by atoms with E-state index in [4.69, 9.17) is 5.73 Å². The fourth-order valence-electron chi connectivity index (χ4n) is 2.20. The van der Waals surface area contributed by atoms with Crippen molar-refractivity contribution >= 4 is 29.9 Å². The molecule has 0 aromatic carbocycles. The average Bonchev–Trinajstić information content (AvgIpc) is 2.25. The van der Waals surface area contributed by atoms with Crippen molar-refractivity contribution < 1.29 is 0 Å². The monoisotopic (exact) mass is 353 g/mol. The van der Waals surface area contributed by atoms with Crippen molar-refractivity contribution in [2.45, 2.75) is 64.8 Å². The van der Waals surface area contributed by atoms with Crippen LogP contribution in [0.2, 0.25) is 0 Å². The van der Waals surface area contributed by atoms with E-state index in [9.17, 15) is 0 Å². The van der Waals surface area contributed by atoms with Crippen LogP contribution >= 0.6 is 24.0 Å². The molecule has 3 nitrogen and oxygen atoms in total. The van der Waals surface area contributed by atoms with Crippen LogP contribution in [0.1, 0.15) is 58.8 Å². The van der Waals surface area contributed by atoms with Crippen LogP contribution < -0.4 is 11.1 Å². The van der Waals surface area contributed by atoms with Gasteiger partial charge in [-0.2, -0.15) is 0 Å². The van der Waals surface area contributed by atoms with E-state index >= 15 is 0 Å². The highest BCUT2D eigenvalue weighted by molar-refractivity contribution is 14.0. The first-order valence-corrected chi connectivity index (χ1v) is 6.75. The molecule has 3 N–H and O–H groups in total. The third-order valence-corrected chi connectivity index (χ3v) is 3.18. The molecule has 1 aliphatic rings. The Morgan fingerprint density at radius 2 is 1.94 bits per heavy atom. The number of hydrogen-bond acceptors (Lipinski definition) is 1. The zero-order valence-electron chi connectivity index (χ0n) is 11.2. The molecule has 0 bridgehead atoms. The van der Waals surface area contributed by atoms with E-state index in [0.717, 1.165) is 18.9 Å². The van der Waals surface area contributed by atoms with Gasteiger partial charge in [0.1, 0.15) is 0 Å². The van der Waals surface area contributed by atoms with Crippen molar-refractivity contribution in [3.8, 4) is 0 Å². The summed E-state index contributed by atoms with van der Waals surface area (Å²) in [5.41, 5.74) is 5.86. The number of hydrogen-bond donors (Lipinski definition) is 2. The molecule has 0 spiro atoms. The molecule has 0 unspecified atom stereocenters. The van der Waals surface area contributed by atoms with Crippen molar-refractivity contribution in [1.82, 2.24) is 5.32 Å². The normalized spacial score (nSPS) is 17.9. The highest BCUT2D eigenvalue weighted by Gasteiger charge is 2.12. The summed E-state index contributed by atoms with van der Waals surface area (Å²) < 4.78 is 0. The molecule has 4 heteroatoms. The number of aliphatic imine (C=N–C) groups is 1. The lowest BCUT2D eigenvalue weighted by molar-refractivity contribution is 0.412. The van der Waals surface area contributed by atoms with E-state index in [2.05, 4.69) is 24.2 Å². The first kappa shape index (κ1) is 17.0. The Hall–Kier alpha value is 0. The molecule has 17 heavy (non-hydrogen) atoms. The first-order chi connectivity index (χ1) is 7.68. The molecule has 1 aliphatic carbocycles. The molecule has 0 atom stereocenters. The highest BCUT2D eigenvalue weighted by Crippen LogP contribution is 2.16. The van der Waals surface area contributed by atoms with Gasteiger partial charge in [0.25, 0.3) is 0 Å². The third-order valence-electron chi connectivity index (χ3n) is 3.18. The number of rotatable bonds is 5. The Balaban J connectivity index is 0.00000256. The van der Waals surface area contributed by atoms with Crippen molar-refractivity contribution in [3.05, 3.63) is 0 Å². The second-order valence-corrected chi connectivity index (χ2v) is 5.28. The van der Waals surface area contributed by atoms with Crippen LogP contribution in [0, 0.1) is 5.92 Å². The second kappa shape index (κ2) is 9.97. The number of guanidine groups is 1. The van der Waals surface area contributed by atoms with Crippen LogP contribution in [0.25, 0.3) is 0 Å². The molecule has 0 aliphatic heterocycles. The van der Waals surface area contributed by atoms with E-state index in [1.165, 1.54) is 38.5 Å². The molecule has 0 radical (unpaired) electrons. The maximum Gasteiger partial charge on any atom is 0.188 e. The summed E-state index contributed by atoms with van der Waals surface area (Å²) in [6, 6.07) is 0.572. The lowest BCUT2D eigenvalue weighted by Crippen LogP contribution is -2.41. The molecule has 1 saturated carbocycles. The summed E-state index contributed by atoms with van der Waals surface area (Å²) in [6.45, 7) is 5.35. The summed E-state index contributed by atoms with van der Waals surface area (Å²) >= 11 is 0. The maximum absolute atomic E-state index is 5.86. The molecular formula is C13H28IN3. The predicted octanol–water partition coefficient (Wildman–Crippen LogP) is 3.28. The molecule has 0 aromatic rings. The largest absolute Gasteiger partial charge is 0.370 e. The number of nitrogens with two attached hydrogens (primary N) is 1. The van der Waals surface area contributed by atoms with Crippen LogP contribution in [0.15, 0.2) is 4.99 Å². The van der Waals surface area contributed by atoms with E-state index in [-0.39, 0.29) is 24.0 Å². The van der Waals surface area contributed by atoms with Crippen LogP contribution in [0.5, 0.6) is 0 Å². The fourth-order valence-corrected chi connectivity index (χ4v) is 2.20. The summed E-state index contributed by atoms with van der Waals surface area (Å²) in [5.74, 6) is 1.42. The smallest absolute Gasteiger partial charge is 0.188 e. The topological polar surface area (TPSA) is 50.4 Å². The van der Waals surface area contributed by atoms with Crippen molar-refractivity contribution in [2.24, 2.45) is 16.6 Å². The van der Waals surface area contributed by atoms with Gasteiger partial charge in [0.05, 0.1) is 0 Å². The first-order valence-electron chi connectivity index (χ1n) is 6.75. The maximum atomic E-state index is 5.86. The van der Waals surface area contributed by atoms with Crippen LogP contribution in [-0.2, 0) is 0 Å². The second-order valence-electron chi connectivity index (χ2n) is 5.28. The Morgan fingerprint density at radius 1 is 1.29 bits per heavy atom. The van der Waals surface area contributed by atoms with E-state index in [1.54, 1.807) is 0 Å². The summed E-state index contributed by atoms with van der Waals surface area (Å²) in [7, 11) is 0. The Kier molecular flexibility index (Phi) is 9.97. The standard InChI is InChI=1S/C13H27N3.HI/c1-11(2)7-6-10-15-13(14)16-12-8-4-3-5-9-12;/h11-12H,3-10H2,1-2H3,(H3,14,15,16);1H. The minimum absolute atomic E-state index is 0. The van der Waals surface area contributed by atoms with Gasteiger partial charge in [-0.1, -0.05) is 33.1 Å². The SMILES string of the molecule is CC(C)CCCN=C(N)NC1CCCCC1.I. The predicted molar refractivity (Wildman–Crippen MR) is 86.0 cm³/mol. The summed E-state index contributed by atoms with van der Waals surface area (Å²) in [4.78, 5) is 4.37. The average molecular weight is 353 g/mol. The van der Waals surface area contributed by atoms with Crippen LogP contribution in [0.3, 0.4) is 0 Å². The Bertz CT molecular complexity index is 211. The van der Waals surface area contributed by atoms with Gasteiger partial charge < -0.3 is 11.1 Å². The molecule has 0 saturated heterocycles. The minimum atomic E-state index is 0. The summed E-state index contributed by atoms with van der Waals surface area (Å²) in [6.07, 6.45) is 8.93. The summed E-state index contributed by atoms with van der Waals surface area (Å²) in [5, 5.41) is 3.33. The quantitative estimate of drug-likeness (QED) is 0.345. The Labute approximate surface area is 123 Å². The molecular weight excluding hydrogens is 325 g/mol. The van der Waals surface area contributed by atoms with Crippen molar-refractivity contribution in [2.75, 3.05) is 6.54 Å². The molecule has 0 amide bonds. The van der Waals surface area contributed by atoms with Crippen molar-refractivity contribution in [1.29, 1.82) is 0 Å². The molecule has 102 valence electrons. The number of halogens is 1. The molecule has 0 aromatic heterocycles. The van der Waals surface area contributed by atoms with Gasteiger partial charge in [-0.3, -0.25) is 4.99 Å². The Morgan fingerprint density at radius 3 is 2.53 bits per heavy atom. The van der Waals surface area contributed by atoms with E-state index < -0.39 is 0 Å². The fraction of sp³-hybridized carbons (Fsp3) is 0.923. The van der Waals surface area contributed by atoms with Gasteiger partial charge in [-0.15, -0.1) is 24.0 Å². The molecule has 0 heterocycles. The van der Waals surface area contributed by atoms with Gasteiger partial charge in [-0.05, 0) is 31.6 Å². The molecule has 1 rings (SSSR count). The molecule has 1 fully saturated rings. The highest BCUT2D eigenvalue weighted by atomic mass is 127. The van der Waals surface area contributed by atoms with Crippen LogP contribution in [-0.4, -0.2) is 18.5 Å². The van der Waals surface area contributed by atoms with Gasteiger partial charge in [0, 0.05) is 12.6 Å². The van der Waals surface area contributed by atoms with Crippen LogP contribution in [0.4, 0.5) is 0 Å². The zero-order valence-corrected chi connectivity index (χ0v) is 13.6. The van der Waals surface area contributed by atoms with E-state index in [0.29, 0.717) is 12.0 Å². The number of nitrogens with zero attached hydrogens (tertiary/aromatic N) is 1. The lowest BCUT2D eigenvalue weighted by atomic mass is 9.96. The number of nitrogens with one attached hydrogen (secondary N) is 1. The van der Waals surface area contributed by atoms with Crippen molar-refractivity contribution in [3.63, 3.8) is 0 Å². The van der Waals surface area contributed by atoms with Gasteiger partial charge in [-0.25, -0.2) is 0 Å². The van der Waals surface area contributed by atoms with Gasteiger partial charge in [0.2, 0.25) is 0 Å². The third kappa shape index (κ3) is 8.69. The van der Waals surface area contributed by atoms with Gasteiger partial charge in [0.15, 0.2) is 5.96 Å². The van der Waals surface area contributed by atoms with Gasteiger partial charge >= 0.3 is 0 Å². The minimum Gasteiger partial charge on any atom is -0.370 e. The van der Waals surface area contributed by atoms with E-state index in [1.807, 2.05) is 0 Å².